The molecule has 0 bridgehead atoms. The van der Waals surface area contributed by atoms with Gasteiger partial charge in [-0.05, 0) is 29.3 Å². The highest BCUT2D eigenvalue weighted by Gasteiger charge is 2.12. The smallest absolute Gasteiger partial charge is 0.256 e. The average molecular weight is 340 g/mol. The van der Waals surface area contributed by atoms with Crippen LogP contribution < -0.4 is 10.9 Å². The van der Waals surface area contributed by atoms with E-state index in [9.17, 15) is 9.59 Å². The van der Waals surface area contributed by atoms with E-state index in [0.717, 1.165) is 11.1 Å². The van der Waals surface area contributed by atoms with Crippen molar-refractivity contribution in [3.63, 3.8) is 0 Å². The molecule has 0 spiro atoms. The van der Waals surface area contributed by atoms with E-state index in [1.165, 1.54) is 6.07 Å². The highest BCUT2D eigenvalue weighted by molar-refractivity contribution is 6.12. The van der Waals surface area contributed by atoms with E-state index >= 15 is 0 Å². The minimum atomic E-state index is -0.306. The lowest BCUT2D eigenvalue weighted by Crippen LogP contribution is -2.16. The van der Waals surface area contributed by atoms with Gasteiger partial charge in [0, 0.05) is 22.7 Å². The summed E-state index contributed by atoms with van der Waals surface area (Å²) in [5.74, 6) is -0.306. The normalized spacial score (nSPS) is 10.6. The minimum absolute atomic E-state index is 0.298. The topological polar surface area (TPSA) is 62.0 Å². The van der Waals surface area contributed by atoms with Gasteiger partial charge < -0.3 is 10.3 Å². The number of aromatic amines is 1. The molecule has 1 aromatic heterocycles. The van der Waals surface area contributed by atoms with Gasteiger partial charge in [0.15, 0.2) is 0 Å². The van der Waals surface area contributed by atoms with Crippen LogP contribution in [-0.4, -0.2) is 10.9 Å². The first-order valence-electron chi connectivity index (χ1n) is 8.29. The van der Waals surface area contributed by atoms with Gasteiger partial charge in [0.2, 0.25) is 5.56 Å². The molecule has 4 aromatic rings. The molecular formula is C22H16N2O2. The second-order valence-electron chi connectivity index (χ2n) is 5.99. The van der Waals surface area contributed by atoms with E-state index < -0.39 is 0 Å². The number of hydrogen-bond donors (Lipinski definition) is 2. The SMILES string of the molecule is O=C(Nc1ccc(-c2ccccc2)cc1)c1cc(=O)[nH]c2ccccc12. The average Bonchev–Trinajstić information content (AvgIpc) is 2.68. The highest BCUT2D eigenvalue weighted by atomic mass is 16.2. The number of amides is 1. The number of hydrogen-bond acceptors (Lipinski definition) is 2. The van der Waals surface area contributed by atoms with Crippen molar-refractivity contribution in [2.24, 2.45) is 0 Å². The van der Waals surface area contributed by atoms with Crippen molar-refractivity contribution in [2.45, 2.75) is 0 Å². The van der Waals surface area contributed by atoms with Crippen LogP contribution in [0.1, 0.15) is 10.4 Å². The molecule has 4 nitrogen and oxygen atoms in total. The molecule has 0 radical (unpaired) electrons. The van der Waals surface area contributed by atoms with Crippen LogP contribution >= 0.6 is 0 Å². The summed E-state index contributed by atoms with van der Waals surface area (Å²) in [7, 11) is 0. The summed E-state index contributed by atoms with van der Waals surface area (Å²) >= 11 is 0. The van der Waals surface area contributed by atoms with Crippen LogP contribution in [0.5, 0.6) is 0 Å². The Kier molecular flexibility index (Phi) is 4.07. The Labute approximate surface area is 150 Å². The summed E-state index contributed by atoms with van der Waals surface area (Å²) in [6.45, 7) is 0. The predicted molar refractivity (Wildman–Crippen MR) is 104 cm³/mol. The second kappa shape index (κ2) is 6.69. The van der Waals surface area contributed by atoms with Gasteiger partial charge in [-0.1, -0.05) is 60.7 Å². The predicted octanol–water partition coefficient (Wildman–Crippen LogP) is 4.45. The number of nitrogens with one attached hydrogen (secondary N) is 2. The summed E-state index contributed by atoms with van der Waals surface area (Å²) < 4.78 is 0. The Morgan fingerprint density at radius 3 is 2.19 bits per heavy atom. The number of benzene rings is 3. The van der Waals surface area contributed by atoms with Crippen molar-refractivity contribution in [1.29, 1.82) is 0 Å². The van der Waals surface area contributed by atoms with Crippen LogP contribution in [-0.2, 0) is 0 Å². The summed E-state index contributed by atoms with van der Waals surface area (Å²) in [6, 6.07) is 26.3. The molecule has 0 saturated carbocycles. The highest BCUT2D eigenvalue weighted by Crippen LogP contribution is 2.22. The Morgan fingerprint density at radius 1 is 0.769 bits per heavy atom. The summed E-state index contributed by atoms with van der Waals surface area (Å²) in [4.78, 5) is 27.2. The van der Waals surface area contributed by atoms with Crippen LogP contribution in [0.15, 0.2) is 89.7 Å². The number of H-pyrrole nitrogens is 1. The van der Waals surface area contributed by atoms with Crippen molar-refractivity contribution >= 4 is 22.5 Å². The third kappa shape index (κ3) is 3.13. The molecule has 3 aromatic carbocycles. The van der Waals surface area contributed by atoms with Gasteiger partial charge in [-0.25, -0.2) is 0 Å². The molecule has 0 unspecified atom stereocenters. The van der Waals surface area contributed by atoms with Gasteiger partial charge in [-0.15, -0.1) is 0 Å². The Bertz CT molecular complexity index is 1130. The number of carbonyl (C=O) groups is 1. The first-order chi connectivity index (χ1) is 12.7. The molecule has 0 atom stereocenters. The van der Waals surface area contributed by atoms with Crippen LogP contribution in [0.3, 0.4) is 0 Å². The molecule has 26 heavy (non-hydrogen) atoms. The third-order valence-corrected chi connectivity index (χ3v) is 4.25. The maximum Gasteiger partial charge on any atom is 0.256 e. The maximum absolute atomic E-state index is 12.7. The molecule has 2 N–H and O–H groups in total. The minimum Gasteiger partial charge on any atom is -0.322 e. The number of pyridine rings is 1. The first kappa shape index (κ1) is 15.8. The molecule has 0 fully saturated rings. The van der Waals surface area contributed by atoms with Crippen molar-refractivity contribution in [3.05, 3.63) is 101 Å². The number of fused-ring (bicyclic) bond motifs is 1. The van der Waals surface area contributed by atoms with Gasteiger partial charge in [-0.2, -0.15) is 0 Å². The lowest BCUT2D eigenvalue weighted by molar-refractivity contribution is 0.102. The molecule has 4 rings (SSSR count). The van der Waals surface area contributed by atoms with E-state index in [-0.39, 0.29) is 11.5 Å². The Balaban J connectivity index is 1.62. The lowest BCUT2D eigenvalue weighted by Gasteiger charge is -2.09. The fourth-order valence-corrected chi connectivity index (χ4v) is 2.97. The van der Waals surface area contributed by atoms with Crippen molar-refractivity contribution < 1.29 is 4.79 Å². The molecule has 0 aliphatic carbocycles. The van der Waals surface area contributed by atoms with Gasteiger partial charge in [0.25, 0.3) is 5.91 Å². The van der Waals surface area contributed by atoms with Crippen molar-refractivity contribution in [2.75, 3.05) is 5.32 Å². The van der Waals surface area contributed by atoms with Gasteiger partial charge >= 0.3 is 0 Å². The Morgan fingerprint density at radius 2 is 1.42 bits per heavy atom. The summed E-state index contributed by atoms with van der Waals surface area (Å²) in [6.07, 6.45) is 0. The largest absolute Gasteiger partial charge is 0.322 e. The van der Waals surface area contributed by atoms with E-state index in [1.54, 1.807) is 6.07 Å². The zero-order chi connectivity index (χ0) is 17.9. The van der Waals surface area contributed by atoms with E-state index in [0.29, 0.717) is 22.2 Å². The van der Waals surface area contributed by atoms with Crippen LogP contribution in [0.25, 0.3) is 22.0 Å². The molecule has 0 aliphatic rings. The third-order valence-electron chi connectivity index (χ3n) is 4.25. The number of para-hydroxylation sites is 1. The number of carbonyl (C=O) groups excluding carboxylic acids is 1. The van der Waals surface area contributed by atoms with Crippen LogP contribution in [0.2, 0.25) is 0 Å². The number of aromatic nitrogens is 1. The van der Waals surface area contributed by atoms with E-state index in [1.807, 2.05) is 72.8 Å². The van der Waals surface area contributed by atoms with E-state index in [4.69, 9.17) is 0 Å². The number of rotatable bonds is 3. The Hall–Kier alpha value is -3.66. The quantitative estimate of drug-likeness (QED) is 0.579. The van der Waals surface area contributed by atoms with E-state index in [2.05, 4.69) is 10.3 Å². The first-order valence-corrected chi connectivity index (χ1v) is 8.29. The molecule has 126 valence electrons. The molecule has 1 heterocycles. The molecule has 0 saturated heterocycles. The fraction of sp³-hybridized carbons (Fsp3) is 0. The molecule has 1 amide bonds. The molecular weight excluding hydrogens is 324 g/mol. The van der Waals surface area contributed by atoms with Gasteiger partial charge in [-0.3, -0.25) is 9.59 Å². The lowest BCUT2D eigenvalue weighted by atomic mass is 10.1. The van der Waals surface area contributed by atoms with Crippen LogP contribution in [0, 0.1) is 0 Å². The molecule has 4 heteroatoms. The zero-order valence-corrected chi connectivity index (χ0v) is 13.9. The second-order valence-corrected chi connectivity index (χ2v) is 5.99. The van der Waals surface area contributed by atoms with Crippen molar-refractivity contribution in [3.8, 4) is 11.1 Å². The number of anilines is 1. The zero-order valence-electron chi connectivity index (χ0n) is 13.9. The summed E-state index contributed by atoms with van der Waals surface area (Å²) in [5, 5.41) is 3.58. The van der Waals surface area contributed by atoms with Gasteiger partial charge in [0.1, 0.15) is 0 Å². The monoisotopic (exact) mass is 340 g/mol. The maximum atomic E-state index is 12.7. The van der Waals surface area contributed by atoms with Gasteiger partial charge in [0.05, 0.1) is 5.56 Å². The molecule has 0 aliphatic heterocycles. The summed E-state index contributed by atoms with van der Waals surface area (Å²) in [5.41, 5.74) is 3.57. The fourth-order valence-electron chi connectivity index (χ4n) is 2.97. The van der Waals surface area contributed by atoms with Crippen molar-refractivity contribution in [1.82, 2.24) is 4.98 Å². The standard InChI is InChI=1S/C22H16N2O2/c25-21-14-19(18-8-4-5-9-20(18)24-21)22(26)23-17-12-10-16(11-13-17)15-6-2-1-3-7-15/h1-14H,(H,23,26)(H,24,25). The van der Waals surface area contributed by atoms with Crippen LogP contribution in [0.4, 0.5) is 5.69 Å².